The molecule has 1 aliphatic carbocycles. The number of carbonyl (C=O) groups excluding carboxylic acids is 3. The summed E-state index contributed by atoms with van der Waals surface area (Å²) in [5, 5.41) is 12.6. The van der Waals surface area contributed by atoms with Crippen molar-refractivity contribution in [3.05, 3.63) is 69.3 Å². The first kappa shape index (κ1) is 32.1. The van der Waals surface area contributed by atoms with Crippen LogP contribution in [-0.2, 0) is 28.6 Å². The molecule has 2 heterocycles. The second kappa shape index (κ2) is 13.7. The summed E-state index contributed by atoms with van der Waals surface area (Å²) in [6.45, 7) is 5.98. The minimum atomic E-state index is -1.34. The molecule has 14 nitrogen and oxygen atoms in total. The molecule has 0 aliphatic heterocycles. The number of hydrogen-bond acceptors (Lipinski definition) is 11. The molecule has 2 amide bonds. The standard InChI is InChI=1S/C29H35FN6O8/c1-16-34-35-25(41-16)24(38)33-29(3,4)27-32-21(23(37)31-15-18-11-13-19(30)14-12-18)22(26(39)36(27)5)42-17(2)43-28(40)44-20-9-7-6-8-10-20/h11-14,17,20H,6-10,15H2,1-5H3,(H,31,37)(H,33,38). The Labute approximate surface area is 252 Å². The predicted molar refractivity (Wildman–Crippen MR) is 151 cm³/mol. The number of ether oxygens (including phenoxy) is 3. The summed E-state index contributed by atoms with van der Waals surface area (Å²) >= 11 is 0. The van der Waals surface area contributed by atoms with Gasteiger partial charge in [0, 0.05) is 27.4 Å². The molecule has 44 heavy (non-hydrogen) atoms. The largest absolute Gasteiger partial charge is 0.511 e. The number of hydrogen-bond donors (Lipinski definition) is 2. The average Bonchev–Trinajstić information content (AvgIpc) is 3.41. The number of carbonyl (C=O) groups is 3. The molecule has 1 saturated carbocycles. The van der Waals surface area contributed by atoms with Crippen LogP contribution in [0, 0.1) is 12.7 Å². The number of nitrogens with one attached hydrogen (secondary N) is 2. The molecule has 2 N–H and O–H groups in total. The number of rotatable bonds is 10. The van der Waals surface area contributed by atoms with Crippen molar-refractivity contribution in [1.82, 2.24) is 30.4 Å². The molecule has 236 valence electrons. The molecule has 0 saturated heterocycles. The topological polar surface area (TPSA) is 177 Å². The molecule has 3 aromatic rings. The van der Waals surface area contributed by atoms with E-state index in [4.69, 9.17) is 18.6 Å². The van der Waals surface area contributed by atoms with Crippen molar-refractivity contribution in [3.63, 3.8) is 0 Å². The van der Waals surface area contributed by atoms with Gasteiger partial charge >= 0.3 is 18.0 Å². The highest BCUT2D eigenvalue weighted by Gasteiger charge is 2.34. The Hall–Kier alpha value is -4.82. The van der Waals surface area contributed by atoms with E-state index in [2.05, 4.69) is 25.8 Å². The van der Waals surface area contributed by atoms with Crippen molar-refractivity contribution in [2.75, 3.05) is 0 Å². The van der Waals surface area contributed by atoms with Crippen molar-refractivity contribution in [3.8, 4) is 5.75 Å². The SMILES string of the molecule is Cc1nnc(C(=O)NC(C)(C)c2nc(C(=O)NCc3ccc(F)cc3)c(OC(C)OC(=O)OC3CCCCC3)c(=O)n2C)o1. The lowest BCUT2D eigenvalue weighted by molar-refractivity contribution is -0.0692. The normalized spacial score (nSPS) is 14.4. The molecule has 1 aliphatic rings. The Morgan fingerprint density at radius 3 is 2.43 bits per heavy atom. The first-order valence-corrected chi connectivity index (χ1v) is 14.1. The maximum absolute atomic E-state index is 13.6. The van der Waals surface area contributed by atoms with Gasteiger partial charge in [0.2, 0.25) is 17.9 Å². The monoisotopic (exact) mass is 614 g/mol. The van der Waals surface area contributed by atoms with Crippen LogP contribution >= 0.6 is 0 Å². The molecule has 15 heteroatoms. The zero-order valence-electron chi connectivity index (χ0n) is 25.1. The van der Waals surface area contributed by atoms with Gasteiger partial charge in [-0.05, 0) is 57.2 Å². The predicted octanol–water partition coefficient (Wildman–Crippen LogP) is 3.42. The van der Waals surface area contributed by atoms with Gasteiger partial charge < -0.3 is 29.3 Å². The summed E-state index contributed by atoms with van der Waals surface area (Å²) in [5.41, 5.74) is -1.99. The summed E-state index contributed by atoms with van der Waals surface area (Å²) in [5.74, 6) is -2.62. The molecule has 1 atom stereocenters. The fraction of sp³-hybridized carbons (Fsp3) is 0.483. The fourth-order valence-corrected chi connectivity index (χ4v) is 4.72. The molecular formula is C29H35FN6O8. The molecule has 1 fully saturated rings. The third-order valence-corrected chi connectivity index (χ3v) is 6.90. The Morgan fingerprint density at radius 1 is 1.11 bits per heavy atom. The van der Waals surface area contributed by atoms with E-state index in [1.807, 2.05) is 0 Å². The van der Waals surface area contributed by atoms with Gasteiger partial charge in [-0.3, -0.25) is 19.0 Å². The van der Waals surface area contributed by atoms with Crippen molar-refractivity contribution >= 4 is 18.0 Å². The highest BCUT2D eigenvalue weighted by molar-refractivity contribution is 5.95. The Balaban J connectivity index is 1.61. The second-order valence-corrected chi connectivity index (χ2v) is 10.9. The van der Waals surface area contributed by atoms with E-state index in [-0.39, 0.29) is 30.3 Å². The van der Waals surface area contributed by atoms with Crippen LogP contribution in [0.2, 0.25) is 0 Å². The first-order chi connectivity index (χ1) is 20.8. The average molecular weight is 615 g/mol. The number of aromatic nitrogens is 4. The van der Waals surface area contributed by atoms with E-state index in [1.165, 1.54) is 45.2 Å². The van der Waals surface area contributed by atoms with Gasteiger partial charge in [0.1, 0.15) is 17.7 Å². The lowest BCUT2D eigenvalue weighted by Gasteiger charge is -2.28. The van der Waals surface area contributed by atoms with E-state index in [0.717, 1.165) is 36.7 Å². The van der Waals surface area contributed by atoms with Crippen LogP contribution in [0.5, 0.6) is 5.75 Å². The number of benzene rings is 1. The number of nitrogens with zero attached hydrogens (tertiary/aromatic N) is 4. The summed E-state index contributed by atoms with van der Waals surface area (Å²) < 4.78 is 35.9. The van der Waals surface area contributed by atoms with Crippen molar-refractivity contribution in [1.29, 1.82) is 0 Å². The Bertz CT molecular complexity index is 1560. The smallest absolute Gasteiger partial charge is 0.447 e. The van der Waals surface area contributed by atoms with Crippen LogP contribution in [0.4, 0.5) is 9.18 Å². The number of halogens is 1. The van der Waals surface area contributed by atoms with Crippen LogP contribution in [0.3, 0.4) is 0 Å². The highest BCUT2D eigenvalue weighted by Crippen LogP contribution is 2.23. The number of amides is 2. The molecular weight excluding hydrogens is 579 g/mol. The Morgan fingerprint density at radius 2 is 1.80 bits per heavy atom. The lowest BCUT2D eigenvalue weighted by atomic mass is 9.98. The van der Waals surface area contributed by atoms with E-state index < -0.39 is 52.6 Å². The lowest BCUT2D eigenvalue weighted by Crippen LogP contribution is -2.46. The first-order valence-electron chi connectivity index (χ1n) is 14.1. The van der Waals surface area contributed by atoms with Crippen molar-refractivity contribution < 1.29 is 37.4 Å². The van der Waals surface area contributed by atoms with Gasteiger partial charge in [-0.2, -0.15) is 0 Å². The molecule has 4 rings (SSSR count). The fourth-order valence-electron chi connectivity index (χ4n) is 4.72. The molecule has 0 spiro atoms. The van der Waals surface area contributed by atoms with Crippen LogP contribution in [0.1, 0.15) is 91.3 Å². The van der Waals surface area contributed by atoms with Crippen LogP contribution in [-0.4, -0.2) is 50.1 Å². The highest BCUT2D eigenvalue weighted by atomic mass is 19.1. The zero-order valence-corrected chi connectivity index (χ0v) is 25.1. The van der Waals surface area contributed by atoms with Gasteiger partial charge in [0.15, 0.2) is 5.69 Å². The van der Waals surface area contributed by atoms with Gasteiger partial charge in [0.05, 0.1) is 5.54 Å². The molecule has 1 unspecified atom stereocenters. The van der Waals surface area contributed by atoms with E-state index >= 15 is 0 Å². The third-order valence-electron chi connectivity index (χ3n) is 6.90. The second-order valence-electron chi connectivity index (χ2n) is 10.9. The minimum absolute atomic E-state index is 0.0170. The van der Waals surface area contributed by atoms with Crippen molar-refractivity contribution in [2.45, 2.75) is 84.3 Å². The minimum Gasteiger partial charge on any atom is -0.447 e. The quantitative estimate of drug-likeness (QED) is 0.253. The van der Waals surface area contributed by atoms with E-state index in [9.17, 15) is 23.6 Å². The summed E-state index contributed by atoms with van der Waals surface area (Å²) in [4.78, 5) is 56.7. The van der Waals surface area contributed by atoms with Crippen LogP contribution < -0.4 is 20.9 Å². The van der Waals surface area contributed by atoms with E-state index in [1.54, 1.807) is 13.8 Å². The molecule has 2 aromatic heterocycles. The summed E-state index contributed by atoms with van der Waals surface area (Å²) in [6.07, 6.45) is 1.86. The van der Waals surface area contributed by atoms with Gasteiger partial charge in [-0.1, -0.05) is 18.6 Å². The number of aryl methyl sites for hydroxylation is 1. The van der Waals surface area contributed by atoms with Crippen LogP contribution in [0.25, 0.3) is 0 Å². The van der Waals surface area contributed by atoms with Gasteiger partial charge in [-0.15, -0.1) is 10.2 Å². The van der Waals surface area contributed by atoms with Gasteiger partial charge in [0.25, 0.3) is 11.5 Å². The van der Waals surface area contributed by atoms with Gasteiger partial charge in [-0.25, -0.2) is 14.2 Å². The third kappa shape index (κ3) is 7.96. The zero-order chi connectivity index (χ0) is 32.0. The summed E-state index contributed by atoms with van der Waals surface area (Å²) in [6, 6.07) is 5.46. The maximum Gasteiger partial charge on any atom is 0.511 e. The van der Waals surface area contributed by atoms with Crippen molar-refractivity contribution in [2.24, 2.45) is 7.05 Å². The molecule has 0 bridgehead atoms. The van der Waals surface area contributed by atoms with Crippen LogP contribution in [0.15, 0.2) is 33.5 Å². The van der Waals surface area contributed by atoms with E-state index in [0.29, 0.717) is 5.56 Å². The Kier molecular flexibility index (Phi) is 9.96. The molecule has 0 radical (unpaired) electrons. The summed E-state index contributed by atoms with van der Waals surface area (Å²) in [7, 11) is 1.38. The maximum atomic E-state index is 13.6. The molecule has 1 aromatic carbocycles.